The van der Waals surface area contributed by atoms with Crippen LogP contribution in [0.25, 0.3) is 10.9 Å². The Hall–Kier alpha value is -2.37. The van der Waals surface area contributed by atoms with Gasteiger partial charge in [-0.25, -0.2) is 0 Å². The third kappa shape index (κ3) is 3.06. The number of benzene rings is 1. The summed E-state index contributed by atoms with van der Waals surface area (Å²) in [5, 5.41) is 5.34. The minimum atomic E-state index is -0.310. The van der Waals surface area contributed by atoms with E-state index in [9.17, 15) is 9.59 Å². The van der Waals surface area contributed by atoms with E-state index in [4.69, 9.17) is 4.74 Å². The van der Waals surface area contributed by atoms with Gasteiger partial charge in [-0.15, -0.1) is 0 Å². The quantitative estimate of drug-likeness (QED) is 0.786. The molecule has 1 aliphatic carbocycles. The molecule has 1 aliphatic heterocycles. The van der Waals surface area contributed by atoms with Gasteiger partial charge >= 0.3 is 5.97 Å². The van der Waals surface area contributed by atoms with Gasteiger partial charge in [0.2, 0.25) is 5.91 Å². The number of likely N-dealkylation sites (tertiary alicyclic amines) is 1. The molecule has 1 aromatic heterocycles. The van der Waals surface area contributed by atoms with Crippen molar-refractivity contribution in [3.05, 3.63) is 30.5 Å². The minimum Gasteiger partial charge on any atom is -0.464 e. The maximum Gasteiger partial charge on any atom is 0.327 e. The van der Waals surface area contributed by atoms with Crippen molar-refractivity contribution in [2.45, 2.75) is 31.8 Å². The van der Waals surface area contributed by atoms with E-state index in [2.05, 4.69) is 5.10 Å². The minimum absolute atomic E-state index is 0.0989. The molecule has 0 unspecified atom stereocenters. The first-order valence-corrected chi connectivity index (χ1v) is 8.06. The Labute approximate surface area is 134 Å². The zero-order valence-corrected chi connectivity index (χ0v) is 12.9. The number of carbonyl (C=O) groups excluding carboxylic acids is 2. The summed E-state index contributed by atoms with van der Waals surface area (Å²) in [6.45, 7) is 1.14. The average molecular weight is 313 g/mol. The molecule has 1 saturated heterocycles. The second-order valence-corrected chi connectivity index (χ2v) is 6.42. The van der Waals surface area contributed by atoms with E-state index in [1.165, 1.54) is 0 Å². The number of rotatable bonds is 5. The van der Waals surface area contributed by atoms with Crippen LogP contribution >= 0.6 is 0 Å². The Morgan fingerprint density at radius 3 is 2.91 bits per heavy atom. The van der Waals surface area contributed by atoms with Gasteiger partial charge in [-0.3, -0.25) is 14.3 Å². The van der Waals surface area contributed by atoms with E-state index in [0.717, 1.165) is 30.3 Å². The summed E-state index contributed by atoms with van der Waals surface area (Å²) in [6.07, 6.45) is 4.57. The fraction of sp³-hybridized carbons (Fsp3) is 0.471. The first-order valence-electron chi connectivity index (χ1n) is 8.06. The summed E-state index contributed by atoms with van der Waals surface area (Å²) in [6, 6.07) is 8.17. The molecule has 1 amide bonds. The number of esters is 1. The largest absolute Gasteiger partial charge is 0.464 e. The van der Waals surface area contributed by atoms with Crippen molar-refractivity contribution in [1.82, 2.24) is 14.7 Å². The number of aromatic nitrogens is 2. The Balaban J connectivity index is 1.29. The molecule has 1 atom stereocenters. The van der Waals surface area contributed by atoms with Gasteiger partial charge in [0.05, 0.1) is 12.1 Å². The van der Waals surface area contributed by atoms with Crippen molar-refractivity contribution in [3.63, 3.8) is 0 Å². The SMILES string of the molecule is O=C(Cn1cc2ccccc2n1)OC[C@@H]1CC(=O)N(C2CC2)C1. The predicted molar refractivity (Wildman–Crippen MR) is 83.5 cm³/mol. The topological polar surface area (TPSA) is 64.4 Å². The molecule has 0 radical (unpaired) electrons. The number of amides is 1. The molecule has 120 valence electrons. The van der Waals surface area contributed by atoms with Crippen LogP contribution in [0.2, 0.25) is 0 Å². The molecule has 2 heterocycles. The number of ether oxygens (including phenoxy) is 1. The molecular weight excluding hydrogens is 294 g/mol. The molecule has 0 bridgehead atoms. The fourth-order valence-corrected chi connectivity index (χ4v) is 3.14. The number of hydrogen-bond acceptors (Lipinski definition) is 4. The zero-order chi connectivity index (χ0) is 15.8. The van der Waals surface area contributed by atoms with Gasteiger partial charge in [-0.05, 0) is 18.9 Å². The molecular formula is C17H19N3O3. The molecule has 6 heteroatoms. The lowest BCUT2D eigenvalue weighted by Gasteiger charge is -2.15. The summed E-state index contributed by atoms with van der Waals surface area (Å²) in [5.41, 5.74) is 0.863. The number of fused-ring (bicyclic) bond motifs is 1. The summed E-state index contributed by atoms with van der Waals surface area (Å²) >= 11 is 0. The van der Waals surface area contributed by atoms with Crippen molar-refractivity contribution in [2.24, 2.45) is 5.92 Å². The smallest absolute Gasteiger partial charge is 0.327 e. The van der Waals surface area contributed by atoms with Gasteiger partial charge in [-0.2, -0.15) is 5.10 Å². The lowest BCUT2D eigenvalue weighted by molar-refractivity contribution is -0.146. The Kier molecular flexibility index (Phi) is 3.52. The van der Waals surface area contributed by atoms with Crippen LogP contribution in [0.4, 0.5) is 0 Å². The van der Waals surface area contributed by atoms with Crippen LogP contribution in [0.5, 0.6) is 0 Å². The van der Waals surface area contributed by atoms with E-state index < -0.39 is 0 Å². The Bertz CT molecular complexity index is 717. The van der Waals surface area contributed by atoms with Crippen LogP contribution < -0.4 is 0 Å². The summed E-state index contributed by atoms with van der Waals surface area (Å²) < 4.78 is 6.94. The first kappa shape index (κ1) is 14.2. The van der Waals surface area contributed by atoms with Gasteiger partial charge < -0.3 is 9.64 Å². The summed E-state index contributed by atoms with van der Waals surface area (Å²) in [7, 11) is 0. The van der Waals surface area contributed by atoms with Crippen molar-refractivity contribution in [3.8, 4) is 0 Å². The van der Waals surface area contributed by atoms with Gasteiger partial charge in [0.1, 0.15) is 6.54 Å². The van der Waals surface area contributed by atoms with Crippen LogP contribution in [-0.2, 0) is 20.9 Å². The van der Waals surface area contributed by atoms with Crippen LogP contribution in [0.1, 0.15) is 19.3 Å². The number of carbonyl (C=O) groups is 2. The lowest BCUT2D eigenvalue weighted by Crippen LogP contribution is -2.28. The van der Waals surface area contributed by atoms with Crippen LogP contribution in [0.3, 0.4) is 0 Å². The molecule has 1 saturated carbocycles. The van der Waals surface area contributed by atoms with E-state index in [-0.39, 0.29) is 24.3 Å². The zero-order valence-electron chi connectivity index (χ0n) is 12.9. The third-order valence-electron chi connectivity index (χ3n) is 4.46. The second kappa shape index (κ2) is 5.68. The molecule has 0 N–H and O–H groups in total. The highest BCUT2D eigenvalue weighted by molar-refractivity contribution is 5.80. The van der Waals surface area contributed by atoms with Crippen molar-refractivity contribution >= 4 is 22.8 Å². The lowest BCUT2D eigenvalue weighted by atomic mass is 10.1. The summed E-state index contributed by atoms with van der Waals surface area (Å²) in [4.78, 5) is 25.8. The Morgan fingerprint density at radius 2 is 2.13 bits per heavy atom. The first-order chi connectivity index (χ1) is 11.2. The molecule has 4 rings (SSSR count). The predicted octanol–water partition coefficient (Wildman–Crippen LogP) is 1.59. The highest BCUT2D eigenvalue weighted by atomic mass is 16.5. The van der Waals surface area contributed by atoms with E-state index >= 15 is 0 Å². The van der Waals surface area contributed by atoms with E-state index in [0.29, 0.717) is 19.1 Å². The second-order valence-electron chi connectivity index (χ2n) is 6.42. The van der Waals surface area contributed by atoms with Crippen LogP contribution in [-0.4, -0.2) is 45.8 Å². The maximum absolute atomic E-state index is 12.0. The normalized spacial score (nSPS) is 21.1. The Morgan fingerprint density at radius 1 is 1.30 bits per heavy atom. The summed E-state index contributed by atoms with van der Waals surface area (Å²) in [5.74, 6) is 0.0192. The average Bonchev–Trinajstić information content (AvgIpc) is 3.18. The molecule has 23 heavy (non-hydrogen) atoms. The van der Waals surface area contributed by atoms with Crippen molar-refractivity contribution in [2.75, 3.05) is 13.2 Å². The van der Waals surface area contributed by atoms with Gasteiger partial charge in [0.15, 0.2) is 0 Å². The highest BCUT2D eigenvalue weighted by Gasteiger charge is 2.39. The molecule has 1 aromatic carbocycles. The number of hydrogen-bond donors (Lipinski definition) is 0. The third-order valence-corrected chi connectivity index (χ3v) is 4.46. The van der Waals surface area contributed by atoms with E-state index in [1.54, 1.807) is 4.68 Å². The standard InChI is InChI=1S/C17H19N3O3/c21-16-7-12(8-20(16)14-5-6-14)11-23-17(22)10-19-9-13-3-1-2-4-15(13)18-19/h1-4,9,12,14H,5-8,10-11H2/t12-/m1/s1. The number of nitrogens with zero attached hydrogens (tertiary/aromatic N) is 3. The van der Waals surface area contributed by atoms with Crippen LogP contribution in [0, 0.1) is 5.92 Å². The molecule has 2 aromatic rings. The van der Waals surface area contributed by atoms with E-state index in [1.807, 2.05) is 35.4 Å². The van der Waals surface area contributed by atoms with Crippen LogP contribution in [0.15, 0.2) is 30.5 Å². The molecule has 6 nitrogen and oxygen atoms in total. The maximum atomic E-state index is 12.0. The molecule has 2 fully saturated rings. The fourth-order valence-electron chi connectivity index (χ4n) is 3.14. The molecule has 0 spiro atoms. The van der Waals surface area contributed by atoms with Gasteiger partial charge in [0, 0.05) is 36.5 Å². The van der Waals surface area contributed by atoms with Gasteiger partial charge in [0.25, 0.3) is 0 Å². The van der Waals surface area contributed by atoms with Crippen molar-refractivity contribution in [1.29, 1.82) is 0 Å². The van der Waals surface area contributed by atoms with Gasteiger partial charge in [-0.1, -0.05) is 18.2 Å². The van der Waals surface area contributed by atoms with Crippen molar-refractivity contribution < 1.29 is 14.3 Å². The monoisotopic (exact) mass is 313 g/mol. The molecule has 2 aliphatic rings. The highest BCUT2D eigenvalue weighted by Crippen LogP contribution is 2.32.